The minimum Gasteiger partial charge on any atom is -0.396 e. The lowest BCUT2D eigenvalue weighted by Gasteiger charge is -2.65. The largest absolute Gasteiger partial charge is 0.396 e. The van der Waals surface area contributed by atoms with E-state index in [9.17, 15) is 56.2 Å². The average molecular weight is 803 g/mol. The molecule has 15 heteroatoms. The third-order valence-electron chi connectivity index (χ3n) is 17.3. The number of fused-ring (bicyclic) bond motifs is 2. The van der Waals surface area contributed by atoms with Gasteiger partial charge < -0.3 is 75.1 Å². The van der Waals surface area contributed by atoms with Gasteiger partial charge in [0.25, 0.3) is 0 Å². The minimum atomic E-state index is -1.54. The Kier molecular flexibility index (Phi) is 11.5. The first-order valence-electron chi connectivity index (χ1n) is 21.0. The van der Waals surface area contributed by atoms with Gasteiger partial charge in [-0.05, 0) is 117 Å². The predicted octanol–water partition coefficient (Wildman–Crippen LogP) is -0.464. The molecule has 7 rings (SSSR count). The third kappa shape index (κ3) is 6.23. The molecule has 7 aliphatic rings. The fraction of sp³-hybridized carbons (Fsp3) is 1.00. The van der Waals surface area contributed by atoms with Crippen LogP contribution in [0.4, 0.5) is 0 Å². The summed E-state index contributed by atoms with van der Waals surface area (Å²) in [7, 11) is 0. The van der Waals surface area contributed by atoms with Crippen LogP contribution in [0.15, 0.2) is 0 Å². The minimum absolute atomic E-state index is 0.0664. The Balaban J connectivity index is 1.06. The van der Waals surface area contributed by atoms with Crippen molar-refractivity contribution in [3.05, 3.63) is 0 Å². The fourth-order valence-corrected chi connectivity index (χ4v) is 14.4. The molecule has 2 heterocycles. The van der Waals surface area contributed by atoms with Gasteiger partial charge in [0.15, 0.2) is 12.6 Å². The Labute approximate surface area is 329 Å². The molecule has 15 nitrogen and oxygen atoms in total. The Morgan fingerprint density at radius 2 is 1.46 bits per heavy atom. The van der Waals surface area contributed by atoms with Crippen LogP contribution in [-0.4, -0.2) is 161 Å². The lowest BCUT2D eigenvalue weighted by atomic mass is 9.41. The van der Waals surface area contributed by atoms with Gasteiger partial charge in [-0.3, -0.25) is 0 Å². The topological polar surface area (TPSA) is 259 Å². The first-order chi connectivity index (χ1) is 26.1. The van der Waals surface area contributed by atoms with Crippen molar-refractivity contribution in [3.8, 4) is 0 Å². The summed E-state index contributed by atoms with van der Waals surface area (Å²) in [6, 6.07) is 0. The van der Waals surface area contributed by atoms with Gasteiger partial charge in [-0.2, -0.15) is 0 Å². The zero-order chi connectivity index (χ0) is 41.1. The molecule has 0 radical (unpaired) electrons. The molecular weight excluding hydrogens is 732 g/mol. The van der Waals surface area contributed by atoms with Crippen LogP contribution in [0, 0.1) is 50.7 Å². The molecule has 21 atom stereocenters. The standard InChI is InChI=1S/C41H70O15/c1-19(7-8-25(47)37(4,5)56-34-31(51)28(48)22(46)16-53-34)27-21(45)14-38(6)33-20(44)13-24-36(2,3)26(55-35-32(52)30(50)29(49)23(15-42)54-35)9-10-39(24)17-40(33,39)11-12-41(27,38)18-43/h19-35,42-52H,7-18H2,1-6H3. The molecule has 21 unspecified atom stereocenters. The lowest BCUT2D eigenvalue weighted by molar-refractivity contribution is -0.327. The highest BCUT2D eigenvalue weighted by Gasteiger charge is 2.85. The second-order valence-corrected chi connectivity index (χ2v) is 20.6. The number of ether oxygens (including phenoxy) is 4. The van der Waals surface area contributed by atoms with Crippen molar-refractivity contribution in [2.75, 3.05) is 19.8 Å². The van der Waals surface area contributed by atoms with E-state index in [0.717, 1.165) is 19.3 Å². The van der Waals surface area contributed by atoms with Gasteiger partial charge in [0.1, 0.15) is 42.7 Å². The van der Waals surface area contributed by atoms with Crippen molar-refractivity contribution in [2.45, 2.75) is 185 Å². The second kappa shape index (κ2) is 14.8. The summed E-state index contributed by atoms with van der Waals surface area (Å²) in [4.78, 5) is 0. The second-order valence-electron chi connectivity index (χ2n) is 20.6. The van der Waals surface area contributed by atoms with E-state index in [1.807, 2.05) is 0 Å². The molecule has 324 valence electrons. The van der Waals surface area contributed by atoms with Crippen LogP contribution in [0.3, 0.4) is 0 Å². The van der Waals surface area contributed by atoms with Crippen LogP contribution in [0.25, 0.3) is 0 Å². The normalized spacial score (nSPS) is 53.6. The van der Waals surface area contributed by atoms with Crippen LogP contribution < -0.4 is 0 Å². The molecule has 5 saturated carbocycles. The van der Waals surface area contributed by atoms with Gasteiger partial charge in [0.05, 0.1) is 43.2 Å². The maximum Gasteiger partial charge on any atom is 0.186 e. The van der Waals surface area contributed by atoms with E-state index in [4.69, 9.17) is 18.9 Å². The molecule has 0 aromatic carbocycles. The van der Waals surface area contributed by atoms with Crippen molar-refractivity contribution in [1.82, 2.24) is 0 Å². The van der Waals surface area contributed by atoms with Crippen molar-refractivity contribution in [3.63, 3.8) is 0 Å². The summed E-state index contributed by atoms with van der Waals surface area (Å²) in [5.74, 6) is -0.476. The summed E-state index contributed by atoms with van der Waals surface area (Å²) < 4.78 is 23.5. The van der Waals surface area contributed by atoms with E-state index >= 15 is 0 Å². The molecule has 0 aromatic heterocycles. The van der Waals surface area contributed by atoms with Gasteiger partial charge in [-0.15, -0.1) is 0 Å². The van der Waals surface area contributed by atoms with E-state index < -0.39 is 102 Å². The highest BCUT2D eigenvalue weighted by molar-refractivity contribution is 5.33. The Bertz CT molecular complexity index is 1410. The van der Waals surface area contributed by atoms with Crippen molar-refractivity contribution in [1.29, 1.82) is 0 Å². The molecule has 2 saturated heterocycles. The van der Waals surface area contributed by atoms with Crippen LogP contribution in [0.5, 0.6) is 0 Å². The molecule has 7 fully saturated rings. The van der Waals surface area contributed by atoms with Gasteiger partial charge in [0.2, 0.25) is 0 Å². The highest BCUT2D eigenvalue weighted by atomic mass is 16.7. The number of hydrogen-bond acceptors (Lipinski definition) is 15. The van der Waals surface area contributed by atoms with Crippen molar-refractivity contribution >= 4 is 0 Å². The monoisotopic (exact) mass is 802 g/mol. The van der Waals surface area contributed by atoms with Crippen molar-refractivity contribution in [2.24, 2.45) is 50.7 Å². The first-order valence-corrected chi connectivity index (χ1v) is 21.0. The maximum absolute atomic E-state index is 12.4. The van der Waals surface area contributed by atoms with Crippen LogP contribution in [0.2, 0.25) is 0 Å². The molecule has 56 heavy (non-hydrogen) atoms. The molecule has 2 spiro atoms. The predicted molar refractivity (Wildman–Crippen MR) is 197 cm³/mol. The van der Waals surface area contributed by atoms with Gasteiger partial charge in [-0.1, -0.05) is 27.7 Å². The number of hydrogen-bond donors (Lipinski definition) is 11. The highest BCUT2D eigenvalue weighted by Crippen LogP contribution is 2.89. The third-order valence-corrected chi connectivity index (χ3v) is 17.3. The van der Waals surface area contributed by atoms with Gasteiger partial charge in [0, 0.05) is 12.0 Å². The lowest BCUT2D eigenvalue weighted by Crippen LogP contribution is -2.64. The molecule has 0 bridgehead atoms. The van der Waals surface area contributed by atoms with Gasteiger partial charge in [-0.25, -0.2) is 0 Å². The Morgan fingerprint density at radius 1 is 0.786 bits per heavy atom. The van der Waals surface area contributed by atoms with Crippen LogP contribution in [-0.2, 0) is 18.9 Å². The summed E-state index contributed by atoms with van der Waals surface area (Å²) in [6.45, 7) is 10.9. The first kappa shape index (κ1) is 43.5. The van der Waals surface area contributed by atoms with E-state index in [1.165, 1.54) is 0 Å². The van der Waals surface area contributed by atoms with E-state index in [0.29, 0.717) is 38.5 Å². The van der Waals surface area contributed by atoms with Crippen molar-refractivity contribution < 1.29 is 75.1 Å². The zero-order valence-corrected chi connectivity index (χ0v) is 33.9. The average Bonchev–Trinajstić information content (AvgIpc) is 3.72. The Hall–Kier alpha value is -0.600. The number of aliphatic hydroxyl groups excluding tert-OH is 11. The molecule has 0 amide bonds. The molecule has 0 aromatic rings. The summed E-state index contributed by atoms with van der Waals surface area (Å²) in [5, 5.41) is 119. The van der Waals surface area contributed by atoms with E-state index in [-0.39, 0.29) is 53.8 Å². The SMILES string of the molecule is CC(CCC(O)C(C)(C)OC1OCC(O)C(O)C1O)C1C(O)CC2(C)C3C(O)CC4C(C)(C)C(OC5OC(CO)C(O)C(O)C5O)CCC45CC35CCC12CO. The quantitative estimate of drug-likeness (QED) is 0.118. The van der Waals surface area contributed by atoms with Gasteiger partial charge >= 0.3 is 0 Å². The maximum atomic E-state index is 12.4. The number of aliphatic hydroxyl groups is 11. The molecule has 11 N–H and O–H groups in total. The molecular formula is C41H70O15. The van der Waals surface area contributed by atoms with E-state index in [1.54, 1.807) is 13.8 Å². The fourth-order valence-electron chi connectivity index (χ4n) is 14.4. The summed E-state index contributed by atoms with van der Waals surface area (Å²) in [6.07, 6.45) is -9.36. The van der Waals surface area contributed by atoms with Crippen LogP contribution in [0.1, 0.15) is 99.3 Å². The smallest absolute Gasteiger partial charge is 0.186 e. The van der Waals surface area contributed by atoms with E-state index in [2.05, 4.69) is 27.7 Å². The number of rotatable bonds is 11. The summed E-state index contributed by atoms with van der Waals surface area (Å²) >= 11 is 0. The molecule has 5 aliphatic carbocycles. The summed E-state index contributed by atoms with van der Waals surface area (Å²) in [5.41, 5.74) is -3.13. The Morgan fingerprint density at radius 3 is 2.12 bits per heavy atom. The zero-order valence-electron chi connectivity index (χ0n) is 33.9. The van der Waals surface area contributed by atoms with Crippen LogP contribution >= 0.6 is 0 Å². The molecule has 2 aliphatic heterocycles.